The van der Waals surface area contributed by atoms with Crippen molar-refractivity contribution in [2.24, 2.45) is 0 Å². The number of nitrogens with one attached hydrogen (secondary N) is 1. The highest BCUT2D eigenvalue weighted by Gasteiger charge is 2.23. The molecule has 0 unspecified atom stereocenters. The molecule has 0 fully saturated rings. The minimum Gasteiger partial charge on any atom is -0.406 e. The van der Waals surface area contributed by atoms with Crippen molar-refractivity contribution < 1.29 is 0 Å². The fraction of sp³-hybridized carbons (Fsp3) is 0.143. The fourth-order valence-electron chi connectivity index (χ4n) is 1.83. The van der Waals surface area contributed by atoms with Gasteiger partial charge in [0.05, 0.1) is 0 Å². The molecule has 0 saturated heterocycles. The largest absolute Gasteiger partial charge is 0.406 e. The van der Waals surface area contributed by atoms with Crippen LogP contribution in [0.5, 0.6) is 0 Å². The van der Waals surface area contributed by atoms with Gasteiger partial charge in [0, 0.05) is 10.2 Å². The Kier molecular flexibility index (Phi) is 3.69. The van der Waals surface area contributed by atoms with E-state index in [1.54, 1.807) is 0 Å². The van der Waals surface area contributed by atoms with Gasteiger partial charge >= 0.3 is 0 Å². The average molecular weight is 306 g/mol. The van der Waals surface area contributed by atoms with Crippen LogP contribution in [0.2, 0.25) is 13.1 Å². The third-order valence-corrected chi connectivity index (χ3v) is 6.18. The Labute approximate surface area is 112 Å². The quantitative estimate of drug-likeness (QED) is 0.846. The minimum atomic E-state index is -1.63. The summed E-state index contributed by atoms with van der Waals surface area (Å²) in [6.07, 6.45) is 0. The molecule has 0 aliphatic carbocycles. The topological polar surface area (TPSA) is 12.0 Å². The maximum absolute atomic E-state index is 3.69. The van der Waals surface area contributed by atoms with Gasteiger partial charge in [-0.3, -0.25) is 0 Å². The zero-order valence-corrected chi connectivity index (χ0v) is 12.7. The predicted molar refractivity (Wildman–Crippen MR) is 81.3 cm³/mol. The van der Waals surface area contributed by atoms with Crippen LogP contribution in [0.1, 0.15) is 0 Å². The average Bonchev–Trinajstić information content (AvgIpc) is 2.33. The lowest BCUT2D eigenvalue weighted by molar-refractivity contribution is 1.56. The van der Waals surface area contributed by atoms with Crippen molar-refractivity contribution in [1.29, 1.82) is 0 Å². The standard InChI is InChI=1S/C14H16BrNSi/c1-17(2,12-8-4-3-5-9-12)16-14-11-7-6-10-13(14)15/h3-11,16H,1-2H3. The normalized spacial score (nSPS) is 11.2. The van der Waals surface area contributed by atoms with E-state index in [0.717, 1.165) is 4.47 Å². The molecule has 0 saturated carbocycles. The molecule has 1 N–H and O–H groups in total. The van der Waals surface area contributed by atoms with Crippen molar-refractivity contribution >= 4 is 35.0 Å². The summed E-state index contributed by atoms with van der Waals surface area (Å²) >= 11 is 3.58. The van der Waals surface area contributed by atoms with Crippen LogP contribution in [0.4, 0.5) is 5.69 Å². The van der Waals surface area contributed by atoms with Crippen LogP contribution in [-0.2, 0) is 0 Å². The zero-order valence-electron chi connectivity index (χ0n) is 10.1. The highest BCUT2D eigenvalue weighted by molar-refractivity contribution is 9.10. The summed E-state index contributed by atoms with van der Waals surface area (Å²) in [5.74, 6) is 0. The maximum atomic E-state index is 3.69. The van der Waals surface area contributed by atoms with Crippen molar-refractivity contribution in [2.75, 3.05) is 4.98 Å². The second-order valence-electron chi connectivity index (χ2n) is 4.60. The van der Waals surface area contributed by atoms with Crippen LogP contribution < -0.4 is 10.2 Å². The molecule has 88 valence electrons. The molecule has 0 spiro atoms. The molecular formula is C14H16BrNSi. The van der Waals surface area contributed by atoms with Gasteiger partial charge in [0.15, 0.2) is 8.24 Å². The van der Waals surface area contributed by atoms with Crippen LogP contribution in [-0.4, -0.2) is 8.24 Å². The van der Waals surface area contributed by atoms with E-state index in [9.17, 15) is 0 Å². The number of para-hydroxylation sites is 1. The molecule has 17 heavy (non-hydrogen) atoms. The van der Waals surface area contributed by atoms with Gasteiger partial charge in [0.1, 0.15) is 0 Å². The van der Waals surface area contributed by atoms with Crippen LogP contribution in [0.25, 0.3) is 0 Å². The summed E-state index contributed by atoms with van der Waals surface area (Å²) in [5.41, 5.74) is 1.17. The minimum absolute atomic E-state index is 1.12. The van der Waals surface area contributed by atoms with Gasteiger partial charge in [-0.05, 0) is 46.3 Å². The fourth-order valence-corrected chi connectivity index (χ4v) is 4.45. The van der Waals surface area contributed by atoms with Crippen LogP contribution in [0.3, 0.4) is 0 Å². The Morgan fingerprint density at radius 3 is 2.12 bits per heavy atom. The molecule has 3 heteroatoms. The third-order valence-electron chi connectivity index (χ3n) is 2.82. The molecule has 0 radical (unpaired) electrons. The molecule has 2 aromatic carbocycles. The molecule has 0 bridgehead atoms. The van der Waals surface area contributed by atoms with Gasteiger partial charge in [0.25, 0.3) is 0 Å². The first-order valence-corrected chi connectivity index (χ1v) is 9.47. The SMILES string of the molecule is C[Si](C)(Nc1ccccc1Br)c1ccccc1. The molecule has 0 atom stereocenters. The second kappa shape index (κ2) is 5.06. The Morgan fingerprint density at radius 2 is 1.47 bits per heavy atom. The van der Waals surface area contributed by atoms with E-state index in [1.165, 1.54) is 10.9 Å². The number of hydrogen-bond acceptors (Lipinski definition) is 1. The van der Waals surface area contributed by atoms with Gasteiger partial charge in [0.2, 0.25) is 0 Å². The van der Waals surface area contributed by atoms with E-state index in [0.29, 0.717) is 0 Å². The maximum Gasteiger partial charge on any atom is 0.179 e. The Morgan fingerprint density at radius 1 is 0.882 bits per heavy atom. The van der Waals surface area contributed by atoms with E-state index in [2.05, 4.69) is 82.5 Å². The molecule has 1 nitrogen and oxygen atoms in total. The van der Waals surface area contributed by atoms with Crippen molar-refractivity contribution in [2.45, 2.75) is 13.1 Å². The first kappa shape index (κ1) is 12.4. The van der Waals surface area contributed by atoms with E-state index in [4.69, 9.17) is 0 Å². The number of hydrogen-bond donors (Lipinski definition) is 1. The molecular weight excluding hydrogens is 290 g/mol. The molecule has 0 amide bonds. The van der Waals surface area contributed by atoms with Crippen LogP contribution >= 0.6 is 15.9 Å². The molecule has 0 aliphatic heterocycles. The summed E-state index contributed by atoms with van der Waals surface area (Å²) in [5, 5.41) is 1.41. The van der Waals surface area contributed by atoms with Gasteiger partial charge in [-0.15, -0.1) is 0 Å². The van der Waals surface area contributed by atoms with Crippen molar-refractivity contribution in [3.63, 3.8) is 0 Å². The number of rotatable bonds is 3. The van der Waals surface area contributed by atoms with Crippen LogP contribution in [0.15, 0.2) is 59.1 Å². The molecule has 0 aliphatic rings. The molecule has 2 aromatic rings. The molecule has 0 aromatic heterocycles. The van der Waals surface area contributed by atoms with Crippen molar-refractivity contribution in [1.82, 2.24) is 0 Å². The highest BCUT2D eigenvalue weighted by atomic mass is 79.9. The third kappa shape index (κ3) is 2.99. The monoisotopic (exact) mass is 305 g/mol. The molecule has 0 heterocycles. The summed E-state index contributed by atoms with van der Waals surface area (Å²) in [7, 11) is -1.63. The molecule has 2 rings (SSSR count). The van der Waals surface area contributed by atoms with Gasteiger partial charge in [-0.25, -0.2) is 0 Å². The van der Waals surface area contributed by atoms with E-state index in [1.807, 2.05) is 6.07 Å². The summed E-state index contributed by atoms with van der Waals surface area (Å²) in [6.45, 7) is 4.64. The number of halogens is 1. The number of anilines is 1. The van der Waals surface area contributed by atoms with Crippen LogP contribution in [0, 0.1) is 0 Å². The van der Waals surface area contributed by atoms with Crippen molar-refractivity contribution in [3.05, 3.63) is 59.1 Å². The second-order valence-corrected chi connectivity index (χ2v) is 9.53. The Bertz CT molecular complexity index is 497. The lowest BCUT2D eigenvalue weighted by Crippen LogP contribution is -2.49. The predicted octanol–water partition coefficient (Wildman–Crippen LogP) is 3.97. The van der Waals surface area contributed by atoms with E-state index < -0.39 is 8.24 Å². The Hall–Kier alpha value is -1.06. The lowest BCUT2D eigenvalue weighted by atomic mass is 10.3. The number of benzene rings is 2. The van der Waals surface area contributed by atoms with Gasteiger partial charge in [-0.2, -0.15) is 0 Å². The lowest BCUT2D eigenvalue weighted by Gasteiger charge is -2.26. The summed E-state index contributed by atoms with van der Waals surface area (Å²) < 4.78 is 1.12. The van der Waals surface area contributed by atoms with E-state index in [-0.39, 0.29) is 0 Å². The van der Waals surface area contributed by atoms with Gasteiger partial charge in [-0.1, -0.05) is 42.5 Å². The van der Waals surface area contributed by atoms with Crippen molar-refractivity contribution in [3.8, 4) is 0 Å². The highest BCUT2D eigenvalue weighted by Crippen LogP contribution is 2.23. The Balaban J connectivity index is 2.27. The summed E-state index contributed by atoms with van der Waals surface area (Å²) in [4.78, 5) is 3.69. The smallest absolute Gasteiger partial charge is 0.179 e. The van der Waals surface area contributed by atoms with Gasteiger partial charge < -0.3 is 4.98 Å². The first-order chi connectivity index (χ1) is 8.09. The zero-order chi connectivity index (χ0) is 12.3. The first-order valence-electron chi connectivity index (χ1n) is 5.68. The summed E-state index contributed by atoms with van der Waals surface area (Å²) in [6, 6.07) is 18.9. The van der Waals surface area contributed by atoms with E-state index >= 15 is 0 Å².